The van der Waals surface area contributed by atoms with Crippen molar-refractivity contribution >= 4 is 26.9 Å². The minimum Gasteiger partial charge on any atom is -0.493 e. The molecule has 2 aromatic rings. The van der Waals surface area contributed by atoms with E-state index in [9.17, 15) is 8.42 Å². The highest BCUT2D eigenvalue weighted by atomic mass is 32.2. The summed E-state index contributed by atoms with van der Waals surface area (Å²) in [4.78, 5) is 11.0. The molecule has 1 aliphatic heterocycles. The lowest BCUT2D eigenvalue weighted by molar-refractivity contribution is 0.267. The Kier molecular flexibility index (Phi) is 5.02. The van der Waals surface area contributed by atoms with Crippen molar-refractivity contribution in [1.82, 2.24) is 14.3 Å². The van der Waals surface area contributed by atoms with Crippen molar-refractivity contribution in [3.63, 3.8) is 0 Å². The van der Waals surface area contributed by atoms with E-state index in [0.717, 1.165) is 29.6 Å². The molecule has 2 N–H and O–H groups in total. The summed E-state index contributed by atoms with van der Waals surface area (Å²) in [5.41, 5.74) is 0.772. The van der Waals surface area contributed by atoms with Crippen LogP contribution in [-0.4, -0.2) is 62.1 Å². The Hall–Kier alpha value is -2.17. The lowest BCUT2D eigenvalue weighted by atomic mass is 10.0. The fourth-order valence-electron chi connectivity index (χ4n) is 4.00. The molecule has 1 saturated carbocycles. The van der Waals surface area contributed by atoms with Gasteiger partial charge in [-0.2, -0.15) is 12.7 Å². The van der Waals surface area contributed by atoms with E-state index in [4.69, 9.17) is 14.6 Å². The fourth-order valence-corrected chi connectivity index (χ4v) is 5.25. The van der Waals surface area contributed by atoms with Crippen LogP contribution in [0.3, 0.4) is 0 Å². The molecule has 0 radical (unpaired) electrons. The Bertz CT molecular complexity index is 971. The monoisotopic (exact) mass is 407 g/mol. The lowest BCUT2D eigenvalue weighted by Crippen LogP contribution is -2.50. The molecule has 10 heteroatoms. The summed E-state index contributed by atoms with van der Waals surface area (Å²) in [6, 6.07) is 3.74. The molecule has 0 bridgehead atoms. The zero-order valence-electron chi connectivity index (χ0n) is 16.0. The van der Waals surface area contributed by atoms with Crippen molar-refractivity contribution in [1.29, 1.82) is 0 Å². The molecule has 9 nitrogen and oxygen atoms in total. The number of methoxy groups -OCH3 is 2. The third-order valence-electron chi connectivity index (χ3n) is 5.44. The standard InChI is InChI=1S/C18H25N5O4S/c1-26-16-9-14-15(10-17(16)27-2)20-11-21-18(14)22-7-5-13(6-8-22)23(12-3-4-12)28(19,24)25/h9-13H,3-8H2,1-2H3,(H2,19,24,25). The largest absolute Gasteiger partial charge is 0.493 e. The second kappa shape index (κ2) is 7.34. The number of hydrogen-bond donors (Lipinski definition) is 1. The van der Waals surface area contributed by atoms with E-state index < -0.39 is 10.2 Å². The Labute approximate surface area is 164 Å². The summed E-state index contributed by atoms with van der Waals surface area (Å²) in [7, 11) is -0.489. The van der Waals surface area contributed by atoms with E-state index in [1.165, 1.54) is 10.6 Å². The van der Waals surface area contributed by atoms with Gasteiger partial charge in [0.15, 0.2) is 11.5 Å². The number of hydrogen-bond acceptors (Lipinski definition) is 7. The van der Waals surface area contributed by atoms with Gasteiger partial charge < -0.3 is 14.4 Å². The Morgan fingerprint density at radius 3 is 2.21 bits per heavy atom. The first-order valence-electron chi connectivity index (χ1n) is 9.35. The highest BCUT2D eigenvalue weighted by Gasteiger charge is 2.41. The van der Waals surface area contributed by atoms with Crippen molar-refractivity contribution in [2.75, 3.05) is 32.2 Å². The molecule has 2 heterocycles. The van der Waals surface area contributed by atoms with Crippen molar-refractivity contribution in [3.8, 4) is 11.5 Å². The van der Waals surface area contributed by atoms with E-state index in [-0.39, 0.29) is 12.1 Å². The Balaban J connectivity index is 1.58. The van der Waals surface area contributed by atoms with Gasteiger partial charge in [-0.25, -0.2) is 15.1 Å². The first-order valence-corrected chi connectivity index (χ1v) is 10.9. The summed E-state index contributed by atoms with van der Waals surface area (Å²) in [6.45, 7) is 1.40. The molecule has 0 atom stereocenters. The molecule has 1 aromatic heterocycles. The molecular formula is C18H25N5O4S. The number of rotatable bonds is 6. The van der Waals surface area contributed by atoms with Gasteiger partial charge in [0.05, 0.1) is 19.7 Å². The average molecular weight is 407 g/mol. The van der Waals surface area contributed by atoms with Gasteiger partial charge in [-0.3, -0.25) is 0 Å². The Morgan fingerprint density at radius 2 is 1.64 bits per heavy atom. The van der Waals surface area contributed by atoms with Crippen LogP contribution in [0.5, 0.6) is 11.5 Å². The highest BCUT2D eigenvalue weighted by molar-refractivity contribution is 7.86. The number of benzene rings is 1. The van der Waals surface area contributed by atoms with Crippen molar-refractivity contribution in [2.45, 2.75) is 37.8 Å². The van der Waals surface area contributed by atoms with Gasteiger partial charge in [0, 0.05) is 36.6 Å². The van der Waals surface area contributed by atoms with Gasteiger partial charge in [0.2, 0.25) is 0 Å². The molecule has 2 fully saturated rings. The molecule has 0 amide bonds. The van der Waals surface area contributed by atoms with Gasteiger partial charge in [-0.05, 0) is 31.7 Å². The fraction of sp³-hybridized carbons (Fsp3) is 0.556. The van der Waals surface area contributed by atoms with Crippen LogP contribution in [0, 0.1) is 0 Å². The predicted molar refractivity (Wildman–Crippen MR) is 106 cm³/mol. The minimum atomic E-state index is -3.68. The second-order valence-corrected chi connectivity index (χ2v) is 8.70. The first kappa shape index (κ1) is 19.2. The zero-order valence-corrected chi connectivity index (χ0v) is 16.9. The topological polar surface area (TPSA) is 111 Å². The van der Waals surface area contributed by atoms with Crippen LogP contribution in [-0.2, 0) is 10.2 Å². The summed E-state index contributed by atoms with van der Waals surface area (Å²) >= 11 is 0. The maximum absolute atomic E-state index is 12.0. The van der Waals surface area contributed by atoms with Gasteiger partial charge in [0.25, 0.3) is 10.2 Å². The zero-order chi connectivity index (χ0) is 19.9. The number of ether oxygens (including phenoxy) is 2. The van der Waals surface area contributed by atoms with E-state index in [2.05, 4.69) is 14.9 Å². The van der Waals surface area contributed by atoms with Gasteiger partial charge in [0.1, 0.15) is 12.1 Å². The molecule has 152 valence electrons. The second-order valence-electron chi connectivity index (χ2n) is 7.25. The third kappa shape index (κ3) is 3.59. The normalized spacial score (nSPS) is 18.6. The molecule has 1 aliphatic carbocycles. The van der Waals surface area contributed by atoms with Gasteiger partial charge in [-0.15, -0.1) is 0 Å². The quantitative estimate of drug-likeness (QED) is 0.768. The number of piperidine rings is 1. The lowest BCUT2D eigenvalue weighted by Gasteiger charge is -2.37. The number of nitrogens with zero attached hydrogens (tertiary/aromatic N) is 4. The summed E-state index contributed by atoms with van der Waals surface area (Å²) in [6.07, 6.45) is 4.76. The van der Waals surface area contributed by atoms with Crippen LogP contribution >= 0.6 is 0 Å². The van der Waals surface area contributed by atoms with Crippen LogP contribution in [0.15, 0.2) is 18.5 Å². The molecular weight excluding hydrogens is 382 g/mol. The first-order chi connectivity index (χ1) is 13.4. The molecule has 1 aromatic carbocycles. The van der Waals surface area contributed by atoms with Crippen LogP contribution < -0.4 is 19.5 Å². The van der Waals surface area contributed by atoms with Crippen LogP contribution in [0.2, 0.25) is 0 Å². The van der Waals surface area contributed by atoms with Crippen LogP contribution in [0.4, 0.5) is 5.82 Å². The smallest absolute Gasteiger partial charge is 0.277 e. The van der Waals surface area contributed by atoms with E-state index in [0.29, 0.717) is 37.4 Å². The van der Waals surface area contributed by atoms with Gasteiger partial charge >= 0.3 is 0 Å². The van der Waals surface area contributed by atoms with Crippen molar-refractivity contribution in [2.24, 2.45) is 5.14 Å². The number of aromatic nitrogens is 2. The number of anilines is 1. The SMILES string of the molecule is COc1cc2ncnc(N3CCC(N(C4CC4)S(N)(=O)=O)CC3)c2cc1OC. The molecule has 28 heavy (non-hydrogen) atoms. The summed E-state index contributed by atoms with van der Waals surface area (Å²) in [5.74, 6) is 2.06. The summed E-state index contributed by atoms with van der Waals surface area (Å²) < 4.78 is 36.3. The molecule has 4 rings (SSSR count). The van der Waals surface area contributed by atoms with E-state index >= 15 is 0 Å². The minimum absolute atomic E-state index is 0.0542. The maximum atomic E-state index is 12.0. The third-order valence-corrected chi connectivity index (χ3v) is 6.63. The average Bonchev–Trinajstić information content (AvgIpc) is 3.50. The van der Waals surface area contributed by atoms with Gasteiger partial charge in [-0.1, -0.05) is 0 Å². The van der Waals surface area contributed by atoms with Crippen molar-refractivity contribution in [3.05, 3.63) is 18.5 Å². The van der Waals surface area contributed by atoms with Crippen LogP contribution in [0.25, 0.3) is 10.9 Å². The number of fused-ring (bicyclic) bond motifs is 1. The number of nitrogens with two attached hydrogens (primary N) is 1. The molecule has 0 unspecified atom stereocenters. The molecule has 0 spiro atoms. The predicted octanol–water partition coefficient (Wildman–Crippen LogP) is 1.28. The maximum Gasteiger partial charge on any atom is 0.277 e. The highest BCUT2D eigenvalue weighted by Crippen LogP contribution is 2.37. The van der Waals surface area contributed by atoms with Crippen LogP contribution in [0.1, 0.15) is 25.7 Å². The summed E-state index contributed by atoms with van der Waals surface area (Å²) in [5, 5.41) is 6.35. The molecule has 1 saturated heterocycles. The Morgan fingerprint density at radius 1 is 1.04 bits per heavy atom. The van der Waals surface area contributed by atoms with E-state index in [1.54, 1.807) is 14.2 Å². The van der Waals surface area contributed by atoms with Crippen molar-refractivity contribution < 1.29 is 17.9 Å². The molecule has 2 aliphatic rings. The van der Waals surface area contributed by atoms with E-state index in [1.807, 2.05) is 12.1 Å².